The summed E-state index contributed by atoms with van der Waals surface area (Å²) in [6.45, 7) is 0.743. The van der Waals surface area contributed by atoms with E-state index < -0.39 is 28.6 Å². The van der Waals surface area contributed by atoms with Gasteiger partial charge in [-0.3, -0.25) is 4.79 Å². The van der Waals surface area contributed by atoms with Crippen LogP contribution in [0, 0.1) is 11.6 Å². The number of aromatic carboxylic acids is 1. The number of nitrogens with zero attached hydrogens (tertiary/aromatic N) is 2. The summed E-state index contributed by atoms with van der Waals surface area (Å²) in [5.74, 6) is -3.08. The first kappa shape index (κ1) is 16.9. The average Bonchev–Trinajstić information content (AvgIpc) is 3.41. The summed E-state index contributed by atoms with van der Waals surface area (Å²) in [4.78, 5) is 25.6. The Bertz CT molecular complexity index is 1190. The van der Waals surface area contributed by atoms with Crippen LogP contribution < -0.4 is 10.3 Å². The van der Waals surface area contributed by atoms with Crippen LogP contribution in [0.25, 0.3) is 10.9 Å². The molecule has 142 valence electrons. The van der Waals surface area contributed by atoms with Crippen LogP contribution in [-0.4, -0.2) is 15.6 Å². The van der Waals surface area contributed by atoms with E-state index in [4.69, 9.17) is 0 Å². The largest absolute Gasteiger partial charge is 0.477 e. The third-order valence-corrected chi connectivity index (χ3v) is 5.51. The molecule has 28 heavy (non-hydrogen) atoms. The highest BCUT2D eigenvalue weighted by Crippen LogP contribution is 2.40. The molecule has 7 heteroatoms. The Kier molecular flexibility index (Phi) is 3.56. The maximum atomic E-state index is 15.6. The standard InChI is InChI=1S/C21H16F2N2O3/c22-16-7-14-18(25(13-5-6-13)10-15(20(14)26)21(27)28)17(23)19(16)24-8-11-3-1-2-4-12(11)9-24/h1-4,7,10,13H,5-6,8-9H2,(H,27,28). The molecule has 1 saturated carbocycles. The molecule has 2 heterocycles. The summed E-state index contributed by atoms with van der Waals surface area (Å²) in [5, 5.41) is 9.07. The molecule has 1 N–H and O–H groups in total. The molecule has 5 rings (SSSR count). The lowest BCUT2D eigenvalue weighted by atomic mass is 10.1. The van der Waals surface area contributed by atoms with Gasteiger partial charge in [0.05, 0.1) is 10.9 Å². The molecule has 1 aliphatic heterocycles. The molecule has 0 radical (unpaired) electrons. The van der Waals surface area contributed by atoms with Crippen LogP contribution in [-0.2, 0) is 13.1 Å². The third-order valence-electron chi connectivity index (χ3n) is 5.51. The average molecular weight is 382 g/mol. The Hall–Kier alpha value is -3.22. The van der Waals surface area contributed by atoms with Crippen LogP contribution in [0.5, 0.6) is 0 Å². The lowest BCUT2D eigenvalue weighted by Crippen LogP contribution is -2.22. The molecule has 1 aliphatic carbocycles. The highest BCUT2D eigenvalue weighted by Gasteiger charge is 2.32. The van der Waals surface area contributed by atoms with Gasteiger partial charge in [0.15, 0.2) is 5.82 Å². The summed E-state index contributed by atoms with van der Waals surface area (Å²) in [6.07, 6.45) is 2.71. The van der Waals surface area contributed by atoms with Crippen LogP contribution in [0.2, 0.25) is 0 Å². The van der Waals surface area contributed by atoms with Crippen molar-refractivity contribution >= 4 is 22.6 Å². The molecule has 0 spiro atoms. The molecule has 0 atom stereocenters. The van der Waals surface area contributed by atoms with E-state index in [0.29, 0.717) is 13.1 Å². The van der Waals surface area contributed by atoms with Crippen LogP contribution in [0.3, 0.4) is 0 Å². The van der Waals surface area contributed by atoms with Crippen LogP contribution in [0.4, 0.5) is 14.5 Å². The maximum absolute atomic E-state index is 15.6. The second-order valence-corrected chi connectivity index (χ2v) is 7.36. The number of hydrogen-bond acceptors (Lipinski definition) is 3. The highest BCUT2D eigenvalue weighted by atomic mass is 19.1. The SMILES string of the molecule is O=C(O)c1cn(C2CC2)c2c(F)c(N3Cc4ccccc4C3)c(F)cc2c1=O. The normalized spacial score (nSPS) is 15.9. The van der Waals surface area contributed by atoms with Crippen molar-refractivity contribution in [3.8, 4) is 0 Å². The number of carbonyl (C=O) groups is 1. The quantitative estimate of drug-likeness (QED) is 0.748. The summed E-state index contributed by atoms with van der Waals surface area (Å²) >= 11 is 0. The number of halogens is 2. The number of hydrogen-bond donors (Lipinski definition) is 1. The van der Waals surface area contributed by atoms with Gasteiger partial charge in [0.25, 0.3) is 0 Å². The monoisotopic (exact) mass is 382 g/mol. The summed E-state index contributed by atoms with van der Waals surface area (Å²) < 4.78 is 32.0. The smallest absolute Gasteiger partial charge is 0.341 e. The molecule has 2 aliphatic rings. The van der Waals surface area contributed by atoms with Gasteiger partial charge < -0.3 is 14.6 Å². The first-order chi connectivity index (χ1) is 13.5. The minimum absolute atomic E-state index is 0.0233. The van der Waals surface area contributed by atoms with Gasteiger partial charge in [-0.1, -0.05) is 24.3 Å². The number of aromatic nitrogens is 1. The first-order valence-corrected chi connectivity index (χ1v) is 9.07. The molecule has 1 fully saturated rings. The summed E-state index contributed by atoms with van der Waals surface area (Å²) in [5.41, 5.74) is 0.461. The fraction of sp³-hybridized carbons (Fsp3) is 0.238. The van der Waals surface area contributed by atoms with Crippen molar-refractivity contribution in [1.82, 2.24) is 4.57 Å². The van der Waals surface area contributed by atoms with Gasteiger partial charge in [-0.05, 0) is 30.0 Å². The molecule has 2 aromatic carbocycles. The zero-order valence-electron chi connectivity index (χ0n) is 14.8. The second kappa shape index (κ2) is 5.89. The van der Waals surface area contributed by atoms with Crippen LogP contribution in [0.15, 0.2) is 41.3 Å². The number of carboxylic acids is 1. The Labute approximate surface area is 158 Å². The Morgan fingerprint density at radius 3 is 2.32 bits per heavy atom. The Morgan fingerprint density at radius 2 is 1.75 bits per heavy atom. The van der Waals surface area contributed by atoms with Gasteiger partial charge in [0.1, 0.15) is 17.1 Å². The lowest BCUT2D eigenvalue weighted by molar-refractivity contribution is 0.0695. The zero-order valence-corrected chi connectivity index (χ0v) is 14.8. The molecule has 0 unspecified atom stereocenters. The molecular formula is C21H16F2N2O3. The van der Waals surface area contributed by atoms with Gasteiger partial charge >= 0.3 is 5.97 Å². The molecular weight excluding hydrogens is 366 g/mol. The molecule has 1 aromatic heterocycles. The minimum atomic E-state index is -1.40. The van der Waals surface area contributed by atoms with Crippen molar-refractivity contribution in [2.24, 2.45) is 0 Å². The third kappa shape index (κ3) is 2.42. The fourth-order valence-corrected chi connectivity index (χ4v) is 4.01. The number of carboxylic acid groups (broad SMARTS) is 1. The molecule has 0 saturated heterocycles. The van der Waals surface area contributed by atoms with E-state index in [-0.39, 0.29) is 22.6 Å². The molecule has 0 amide bonds. The van der Waals surface area contributed by atoms with E-state index in [1.165, 1.54) is 10.8 Å². The van der Waals surface area contributed by atoms with Crippen molar-refractivity contribution in [3.63, 3.8) is 0 Å². The van der Waals surface area contributed by atoms with E-state index in [0.717, 1.165) is 30.0 Å². The number of pyridine rings is 1. The van der Waals surface area contributed by atoms with Gasteiger partial charge in [0.2, 0.25) is 5.43 Å². The number of benzene rings is 2. The van der Waals surface area contributed by atoms with Gasteiger partial charge in [0, 0.05) is 25.3 Å². The number of anilines is 1. The van der Waals surface area contributed by atoms with Crippen molar-refractivity contribution in [2.75, 3.05) is 4.90 Å². The van der Waals surface area contributed by atoms with E-state index in [9.17, 15) is 19.1 Å². The van der Waals surface area contributed by atoms with Crippen molar-refractivity contribution in [2.45, 2.75) is 32.0 Å². The number of rotatable bonds is 3. The molecule has 5 nitrogen and oxygen atoms in total. The maximum Gasteiger partial charge on any atom is 0.341 e. The predicted molar refractivity (Wildman–Crippen MR) is 99.7 cm³/mol. The predicted octanol–water partition coefficient (Wildman–Crippen LogP) is 3.83. The molecule has 0 bridgehead atoms. The summed E-state index contributed by atoms with van der Waals surface area (Å²) in [7, 11) is 0. The van der Waals surface area contributed by atoms with Crippen LogP contribution in [0.1, 0.15) is 40.4 Å². The van der Waals surface area contributed by atoms with Crippen molar-refractivity contribution in [1.29, 1.82) is 0 Å². The second-order valence-electron chi connectivity index (χ2n) is 7.36. The van der Waals surface area contributed by atoms with Crippen molar-refractivity contribution in [3.05, 3.63) is 75.1 Å². The highest BCUT2D eigenvalue weighted by molar-refractivity contribution is 5.94. The van der Waals surface area contributed by atoms with E-state index in [1.54, 1.807) is 4.90 Å². The minimum Gasteiger partial charge on any atom is -0.477 e. The first-order valence-electron chi connectivity index (χ1n) is 9.07. The van der Waals surface area contributed by atoms with E-state index in [1.807, 2.05) is 24.3 Å². The van der Waals surface area contributed by atoms with E-state index >= 15 is 4.39 Å². The Balaban J connectivity index is 1.75. The van der Waals surface area contributed by atoms with Gasteiger partial charge in [-0.2, -0.15) is 0 Å². The molecule has 3 aromatic rings. The Morgan fingerprint density at radius 1 is 1.11 bits per heavy atom. The number of fused-ring (bicyclic) bond motifs is 2. The van der Waals surface area contributed by atoms with Gasteiger partial charge in [-0.25, -0.2) is 13.6 Å². The fourth-order valence-electron chi connectivity index (χ4n) is 4.01. The topological polar surface area (TPSA) is 62.5 Å². The van der Waals surface area contributed by atoms with Crippen LogP contribution >= 0.6 is 0 Å². The van der Waals surface area contributed by atoms with E-state index in [2.05, 4.69) is 0 Å². The lowest BCUT2D eigenvalue weighted by Gasteiger charge is -2.22. The zero-order chi connectivity index (χ0) is 19.6. The summed E-state index contributed by atoms with van der Waals surface area (Å²) in [6, 6.07) is 8.51. The van der Waals surface area contributed by atoms with Crippen molar-refractivity contribution < 1.29 is 18.7 Å². The van der Waals surface area contributed by atoms with Gasteiger partial charge in [-0.15, -0.1) is 0 Å².